The SMILES string of the molecule is CCCc1c(Cl)nc(COc2ccccc2)nc1Cl. The molecule has 1 aromatic heterocycles. The van der Waals surface area contributed by atoms with Crippen LogP contribution in [0.5, 0.6) is 5.75 Å². The standard InChI is InChI=1S/C14H14Cl2N2O/c1-2-6-11-13(15)17-12(18-14(11)16)9-19-10-7-4-3-5-8-10/h3-5,7-8H,2,6,9H2,1H3. The van der Waals surface area contributed by atoms with Crippen LogP contribution in [0.1, 0.15) is 24.7 Å². The summed E-state index contributed by atoms with van der Waals surface area (Å²) < 4.78 is 5.56. The molecule has 0 spiro atoms. The monoisotopic (exact) mass is 296 g/mol. The number of halogens is 2. The maximum Gasteiger partial charge on any atom is 0.169 e. The van der Waals surface area contributed by atoms with Crippen molar-refractivity contribution < 1.29 is 4.74 Å². The lowest BCUT2D eigenvalue weighted by Crippen LogP contribution is -2.04. The Labute approximate surface area is 122 Å². The summed E-state index contributed by atoms with van der Waals surface area (Å²) in [6.07, 6.45) is 1.72. The van der Waals surface area contributed by atoms with Crippen molar-refractivity contribution in [3.63, 3.8) is 0 Å². The number of hydrogen-bond acceptors (Lipinski definition) is 3. The Balaban J connectivity index is 2.09. The second-order valence-electron chi connectivity index (χ2n) is 4.05. The summed E-state index contributed by atoms with van der Waals surface area (Å²) in [5.41, 5.74) is 0.800. The zero-order chi connectivity index (χ0) is 13.7. The molecule has 5 heteroatoms. The van der Waals surface area contributed by atoms with Gasteiger partial charge in [0.15, 0.2) is 5.82 Å². The highest BCUT2D eigenvalue weighted by Gasteiger charge is 2.11. The van der Waals surface area contributed by atoms with Gasteiger partial charge < -0.3 is 4.74 Å². The van der Waals surface area contributed by atoms with E-state index in [1.807, 2.05) is 30.3 Å². The highest BCUT2D eigenvalue weighted by Crippen LogP contribution is 2.23. The van der Waals surface area contributed by atoms with Crippen LogP contribution in [0, 0.1) is 0 Å². The minimum Gasteiger partial charge on any atom is -0.486 e. The van der Waals surface area contributed by atoms with E-state index in [2.05, 4.69) is 16.9 Å². The molecule has 2 rings (SSSR count). The Hall–Kier alpha value is -1.32. The fourth-order valence-electron chi connectivity index (χ4n) is 1.66. The number of hydrogen-bond donors (Lipinski definition) is 0. The third-order valence-corrected chi connectivity index (χ3v) is 3.19. The van der Waals surface area contributed by atoms with Crippen molar-refractivity contribution in [1.82, 2.24) is 9.97 Å². The highest BCUT2D eigenvalue weighted by molar-refractivity contribution is 6.34. The third kappa shape index (κ3) is 3.82. The Bertz CT molecular complexity index is 523. The van der Waals surface area contributed by atoms with Crippen LogP contribution >= 0.6 is 23.2 Å². The van der Waals surface area contributed by atoms with E-state index >= 15 is 0 Å². The normalized spacial score (nSPS) is 10.5. The summed E-state index contributed by atoms with van der Waals surface area (Å²) >= 11 is 12.2. The molecule has 0 aliphatic heterocycles. The summed E-state index contributed by atoms with van der Waals surface area (Å²) in [5, 5.41) is 0.821. The average Bonchev–Trinajstić information content (AvgIpc) is 2.42. The average molecular weight is 297 g/mol. The largest absolute Gasteiger partial charge is 0.486 e. The molecule has 0 saturated carbocycles. The molecule has 0 aliphatic rings. The molecule has 0 atom stereocenters. The van der Waals surface area contributed by atoms with Crippen LogP contribution in [-0.2, 0) is 13.0 Å². The number of benzene rings is 1. The van der Waals surface area contributed by atoms with Gasteiger partial charge in [-0.25, -0.2) is 9.97 Å². The van der Waals surface area contributed by atoms with Crippen LogP contribution in [0.25, 0.3) is 0 Å². The van der Waals surface area contributed by atoms with Gasteiger partial charge in [0.2, 0.25) is 0 Å². The van der Waals surface area contributed by atoms with Gasteiger partial charge in [-0.1, -0.05) is 54.7 Å². The smallest absolute Gasteiger partial charge is 0.169 e. The molecule has 0 fully saturated rings. The van der Waals surface area contributed by atoms with Crippen molar-refractivity contribution in [2.24, 2.45) is 0 Å². The topological polar surface area (TPSA) is 35.0 Å². The molecule has 0 aliphatic carbocycles. The summed E-state index contributed by atoms with van der Waals surface area (Å²) in [4.78, 5) is 8.43. The maximum atomic E-state index is 6.10. The molecule has 1 aromatic carbocycles. The van der Waals surface area contributed by atoms with Gasteiger partial charge in [0, 0.05) is 5.56 Å². The first-order valence-electron chi connectivity index (χ1n) is 6.09. The number of aromatic nitrogens is 2. The first kappa shape index (κ1) is 14.1. The fourth-order valence-corrected chi connectivity index (χ4v) is 2.27. The van der Waals surface area contributed by atoms with Gasteiger partial charge in [-0.3, -0.25) is 0 Å². The first-order chi connectivity index (χ1) is 9.20. The van der Waals surface area contributed by atoms with E-state index in [9.17, 15) is 0 Å². The van der Waals surface area contributed by atoms with E-state index in [0.29, 0.717) is 16.1 Å². The van der Waals surface area contributed by atoms with Crippen molar-refractivity contribution in [3.8, 4) is 5.75 Å². The molecule has 0 saturated heterocycles. The molecular weight excluding hydrogens is 283 g/mol. The molecule has 19 heavy (non-hydrogen) atoms. The minimum atomic E-state index is 0.246. The summed E-state index contributed by atoms with van der Waals surface area (Å²) in [6.45, 7) is 2.30. The molecule has 0 amide bonds. The van der Waals surface area contributed by atoms with E-state index in [4.69, 9.17) is 27.9 Å². The molecule has 100 valence electrons. The Morgan fingerprint density at radius 3 is 2.26 bits per heavy atom. The number of ether oxygens (including phenoxy) is 1. The molecule has 0 unspecified atom stereocenters. The van der Waals surface area contributed by atoms with Crippen LogP contribution in [0.2, 0.25) is 10.3 Å². The van der Waals surface area contributed by atoms with Gasteiger partial charge >= 0.3 is 0 Å². The van der Waals surface area contributed by atoms with Crippen LogP contribution in [-0.4, -0.2) is 9.97 Å². The maximum absolute atomic E-state index is 6.10. The molecular formula is C14H14Cl2N2O. The van der Waals surface area contributed by atoms with Crippen LogP contribution < -0.4 is 4.74 Å². The lowest BCUT2D eigenvalue weighted by atomic mass is 10.2. The van der Waals surface area contributed by atoms with Crippen LogP contribution in [0.3, 0.4) is 0 Å². The van der Waals surface area contributed by atoms with Crippen molar-refractivity contribution >= 4 is 23.2 Å². The molecule has 1 heterocycles. The molecule has 0 radical (unpaired) electrons. The first-order valence-corrected chi connectivity index (χ1v) is 6.85. The Kier molecular flexibility index (Phi) is 5.00. The number of rotatable bonds is 5. The molecule has 3 nitrogen and oxygen atoms in total. The predicted molar refractivity (Wildman–Crippen MR) is 76.8 cm³/mol. The van der Waals surface area contributed by atoms with Gasteiger partial charge in [0.25, 0.3) is 0 Å². The molecule has 0 N–H and O–H groups in total. The lowest BCUT2D eigenvalue weighted by Gasteiger charge is -2.08. The number of nitrogens with zero attached hydrogens (tertiary/aromatic N) is 2. The van der Waals surface area contributed by atoms with Crippen molar-refractivity contribution in [2.45, 2.75) is 26.4 Å². The van der Waals surface area contributed by atoms with Crippen LogP contribution in [0.15, 0.2) is 30.3 Å². The zero-order valence-electron chi connectivity index (χ0n) is 10.6. The second kappa shape index (κ2) is 6.73. The van der Waals surface area contributed by atoms with E-state index < -0.39 is 0 Å². The highest BCUT2D eigenvalue weighted by atomic mass is 35.5. The van der Waals surface area contributed by atoms with Gasteiger partial charge in [-0.2, -0.15) is 0 Å². The molecule has 2 aromatic rings. The second-order valence-corrected chi connectivity index (χ2v) is 4.77. The minimum absolute atomic E-state index is 0.246. The quantitative estimate of drug-likeness (QED) is 0.771. The van der Waals surface area contributed by atoms with E-state index in [0.717, 1.165) is 24.2 Å². The lowest BCUT2D eigenvalue weighted by molar-refractivity contribution is 0.295. The van der Waals surface area contributed by atoms with Gasteiger partial charge in [-0.15, -0.1) is 0 Å². The van der Waals surface area contributed by atoms with Gasteiger partial charge in [0.05, 0.1) is 0 Å². The van der Waals surface area contributed by atoms with Crippen molar-refractivity contribution in [2.75, 3.05) is 0 Å². The predicted octanol–water partition coefficient (Wildman–Crippen LogP) is 4.31. The summed E-state index contributed by atoms with van der Waals surface area (Å²) in [7, 11) is 0. The Morgan fingerprint density at radius 1 is 1.05 bits per heavy atom. The number of para-hydroxylation sites is 1. The van der Waals surface area contributed by atoms with E-state index in [1.165, 1.54) is 0 Å². The van der Waals surface area contributed by atoms with Gasteiger partial charge in [-0.05, 0) is 18.6 Å². The van der Waals surface area contributed by atoms with E-state index in [-0.39, 0.29) is 6.61 Å². The van der Waals surface area contributed by atoms with Crippen molar-refractivity contribution in [3.05, 3.63) is 52.0 Å². The summed E-state index contributed by atoms with van der Waals surface area (Å²) in [5.74, 6) is 1.25. The summed E-state index contributed by atoms with van der Waals surface area (Å²) in [6, 6.07) is 9.47. The Morgan fingerprint density at radius 2 is 1.68 bits per heavy atom. The molecule has 0 bridgehead atoms. The zero-order valence-corrected chi connectivity index (χ0v) is 12.1. The fraction of sp³-hybridized carbons (Fsp3) is 0.286. The van der Waals surface area contributed by atoms with Crippen LogP contribution in [0.4, 0.5) is 0 Å². The van der Waals surface area contributed by atoms with Crippen molar-refractivity contribution in [1.29, 1.82) is 0 Å². The van der Waals surface area contributed by atoms with Gasteiger partial charge in [0.1, 0.15) is 22.7 Å². The third-order valence-electron chi connectivity index (χ3n) is 2.56. The van der Waals surface area contributed by atoms with E-state index in [1.54, 1.807) is 0 Å².